The third-order valence-corrected chi connectivity index (χ3v) is 4.16. The second-order valence-electron chi connectivity index (χ2n) is 4.63. The lowest BCUT2D eigenvalue weighted by Gasteiger charge is -1.96. The van der Waals surface area contributed by atoms with Crippen molar-refractivity contribution < 1.29 is 0 Å². The van der Waals surface area contributed by atoms with Crippen molar-refractivity contribution in [2.24, 2.45) is 0 Å². The van der Waals surface area contributed by atoms with Crippen LogP contribution in [-0.2, 0) is 0 Å². The SMILES string of the molecule is O=c1cc(C2CC2)nc2cc(-c3cccs3)[nH]n12. The van der Waals surface area contributed by atoms with E-state index in [9.17, 15) is 4.79 Å². The third-order valence-electron chi connectivity index (χ3n) is 3.25. The van der Waals surface area contributed by atoms with Gasteiger partial charge in [0.15, 0.2) is 5.65 Å². The molecule has 0 bridgehead atoms. The van der Waals surface area contributed by atoms with Crippen molar-refractivity contribution in [3.8, 4) is 10.6 Å². The summed E-state index contributed by atoms with van der Waals surface area (Å²) in [6.07, 6.45) is 2.32. The van der Waals surface area contributed by atoms with Gasteiger partial charge < -0.3 is 0 Å². The van der Waals surface area contributed by atoms with E-state index in [0.717, 1.165) is 29.1 Å². The van der Waals surface area contributed by atoms with E-state index in [0.29, 0.717) is 11.6 Å². The molecule has 3 aromatic heterocycles. The van der Waals surface area contributed by atoms with Crippen LogP contribution in [0.2, 0.25) is 0 Å². The fraction of sp³-hybridized carbons (Fsp3) is 0.231. The molecule has 3 aromatic rings. The van der Waals surface area contributed by atoms with Crippen molar-refractivity contribution in [2.75, 3.05) is 0 Å². The van der Waals surface area contributed by atoms with Crippen LogP contribution in [0.15, 0.2) is 34.4 Å². The number of fused-ring (bicyclic) bond motifs is 1. The summed E-state index contributed by atoms with van der Waals surface area (Å²) in [4.78, 5) is 17.7. The zero-order valence-corrected chi connectivity index (χ0v) is 10.4. The zero-order chi connectivity index (χ0) is 12.1. The maximum absolute atomic E-state index is 12.0. The summed E-state index contributed by atoms with van der Waals surface area (Å²) in [6.45, 7) is 0. The highest BCUT2D eigenvalue weighted by Gasteiger charge is 2.26. The van der Waals surface area contributed by atoms with Crippen LogP contribution in [0.4, 0.5) is 0 Å². The Bertz CT molecular complexity index is 765. The molecule has 1 aliphatic rings. The van der Waals surface area contributed by atoms with E-state index in [1.54, 1.807) is 17.4 Å². The number of hydrogen-bond donors (Lipinski definition) is 1. The molecule has 0 spiro atoms. The topological polar surface area (TPSA) is 50.2 Å². The Kier molecular flexibility index (Phi) is 1.99. The summed E-state index contributed by atoms with van der Waals surface area (Å²) in [5.41, 5.74) is 2.58. The lowest BCUT2D eigenvalue weighted by atomic mass is 10.3. The van der Waals surface area contributed by atoms with Gasteiger partial charge >= 0.3 is 0 Å². The van der Waals surface area contributed by atoms with Crippen molar-refractivity contribution in [3.05, 3.63) is 45.7 Å². The minimum absolute atomic E-state index is 0.0234. The van der Waals surface area contributed by atoms with Crippen molar-refractivity contribution in [1.29, 1.82) is 0 Å². The van der Waals surface area contributed by atoms with E-state index in [-0.39, 0.29) is 5.56 Å². The monoisotopic (exact) mass is 257 g/mol. The molecule has 1 aliphatic carbocycles. The van der Waals surface area contributed by atoms with Gasteiger partial charge in [-0.1, -0.05) is 6.07 Å². The predicted molar refractivity (Wildman–Crippen MR) is 71.1 cm³/mol. The number of aromatic nitrogens is 3. The smallest absolute Gasteiger partial charge is 0.272 e. The van der Waals surface area contributed by atoms with Gasteiger partial charge in [0, 0.05) is 18.1 Å². The van der Waals surface area contributed by atoms with Gasteiger partial charge in [-0.05, 0) is 24.3 Å². The van der Waals surface area contributed by atoms with Crippen molar-refractivity contribution in [2.45, 2.75) is 18.8 Å². The van der Waals surface area contributed by atoms with E-state index < -0.39 is 0 Å². The normalized spacial score (nSPS) is 15.3. The average Bonchev–Trinajstić information content (AvgIpc) is 2.91. The third kappa shape index (κ3) is 1.51. The lowest BCUT2D eigenvalue weighted by molar-refractivity contribution is 0.876. The highest BCUT2D eigenvalue weighted by molar-refractivity contribution is 7.13. The molecule has 4 nitrogen and oxygen atoms in total. The van der Waals surface area contributed by atoms with E-state index in [1.165, 1.54) is 4.52 Å². The van der Waals surface area contributed by atoms with Gasteiger partial charge in [0.2, 0.25) is 0 Å². The summed E-state index contributed by atoms with van der Waals surface area (Å²) >= 11 is 1.65. The second-order valence-corrected chi connectivity index (χ2v) is 5.58. The average molecular weight is 257 g/mol. The number of nitrogens with zero attached hydrogens (tertiary/aromatic N) is 2. The van der Waals surface area contributed by atoms with Crippen LogP contribution in [0.1, 0.15) is 24.5 Å². The van der Waals surface area contributed by atoms with Gasteiger partial charge in [-0.3, -0.25) is 9.89 Å². The summed E-state index contributed by atoms with van der Waals surface area (Å²) in [5, 5.41) is 5.13. The molecule has 0 saturated heterocycles. The molecule has 4 rings (SSSR count). The highest BCUT2D eigenvalue weighted by Crippen LogP contribution is 2.38. The van der Waals surface area contributed by atoms with Crippen LogP contribution in [0.25, 0.3) is 16.2 Å². The molecule has 0 atom stereocenters. The Hall–Kier alpha value is -1.88. The number of H-pyrrole nitrogens is 1. The first-order chi connectivity index (χ1) is 8.81. The number of rotatable bonds is 2. The number of thiophene rings is 1. The maximum atomic E-state index is 12.0. The first-order valence-electron chi connectivity index (χ1n) is 5.98. The fourth-order valence-electron chi connectivity index (χ4n) is 2.16. The van der Waals surface area contributed by atoms with Gasteiger partial charge in [-0.15, -0.1) is 11.3 Å². The van der Waals surface area contributed by atoms with Crippen LogP contribution in [0, 0.1) is 0 Å². The molecule has 0 unspecified atom stereocenters. The van der Waals surface area contributed by atoms with Crippen molar-refractivity contribution >= 4 is 17.0 Å². The van der Waals surface area contributed by atoms with Crippen molar-refractivity contribution in [1.82, 2.24) is 14.6 Å². The molecular weight excluding hydrogens is 246 g/mol. The summed E-state index contributed by atoms with van der Waals surface area (Å²) in [6, 6.07) is 7.62. The quantitative estimate of drug-likeness (QED) is 0.767. The zero-order valence-electron chi connectivity index (χ0n) is 9.59. The van der Waals surface area contributed by atoms with Crippen LogP contribution in [-0.4, -0.2) is 14.6 Å². The largest absolute Gasteiger partial charge is 0.288 e. The fourth-order valence-corrected chi connectivity index (χ4v) is 2.85. The first kappa shape index (κ1) is 10.1. The molecule has 0 aromatic carbocycles. The molecular formula is C13H11N3OS. The Morgan fingerprint density at radius 3 is 3.00 bits per heavy atom. The van der Waals surface area contributed by atoms with Gasteiger partial charge in [0.1, 0.15) is 0 Å². The molecule has 3 heterocycles. The Morgan fingerprint density at radius 1 is 1.39 bits per heavy atom. The Balaban J connectivity index is 1.94. The van der Waals surface area contributed by atoms with Crippen LogP contribution >= 0.6 is 11.3 Å². The first-order valence-corrected chi connectivity index (χ1v) is 6.86. The van der Waals surface area contributed by atoms with E-state index in [1.807, 2.05) is 23.6 Å². The van der Waals surface area contributed by atoms with Gasteiger partial charge in [-0.25, -0.2) is 9.50 Å². The van der Waals surface area contributed by atoms with E-state index >= 15 is 0 Å². The molecule has 1 saturated carbocycles. The molecule has 18 heavy (non-hydrogen) atoms. The van der Waals surface area contributed by atoms with Crippen LogP contribution in [0.3, 0.4) is 0 Å². The Labute approximate surface area is 107 Å². The lowest BCUT2D eigenvalue weighted by Crippen LogP contribution is -2.15. The molecule has 90 valence electrons. The number of aromatic amines is 1. The molecule has 0 aliphatic heterocycles. The van der Waals surface area contributed by atoms with Gasteiger partial charge in [0.25, 0.3) is 5.56 Å². The molecule has 1 N–H and O–H groups in total. The Morgan fingerprint density at radius 2 is 2.28 bits per heavy atom. The molecule has 1 fully saturated rings. The standard InChI is InChI=1S/C13H11N3OS/c17-13-7-9(8-3-4-8)14-12-6-10(15-16(12)13)11-2-1-5-18-11/h1-2,5-8,15H,3-4H2. The maximum Gasteiger partial charge on any atom is 0.272 e. The summed E-state index contributed by atoms with van der Waals surface area (Å²) < 4.78 is 1.51. The minimum atomic E-state index is -0.0234. The molecule has 5 heteroatoms. The highest BCUT2D eigenvalue weighted by atomic mass is 32.1. The molecule has 0 radical (unpaired) electrons. The van der Waals surface area contributed by atoms with E-state index in [4.69, 9.17) is 0 Å². The molecule has 0 amide bonds. The van der Waals surface area contributed by atoms with Crippen LogP contribution in [0.5, 0.6) is 0 Å². The second kappa shape index (κ2) is 3.55. The number of hydrogen-bond acceptors (Lipinski definition) is 3. The number of nitrogens with one attached hydrogen (secondary N) is 1. The van der Waals surface area contributed by atoms with Gasteiger partial charge in [0.05, 0.1) is 16.3 Å². The summed E-state index contributed by atoms with van der Waals surface area (Å²) in [7, 11) is 0. The minimum Gasteiger partial charge on any atom is -0.288 e. The predicted octanol–water partition coefficient (Wildman–Crippen LogP) is 2.63. The van der Waals surface area contributed by atoms with E-state index in [2.05, 4.69) is 10.1 Å². The van der Waals surface area contributed by atoms with Crippen LogP contribution < -0.4 is 5.56 Å². The van der Waals surface area contributed by atoms with Gasteiger partial charge in [-0.2, -0.15) is 0 Å². The van der Waals surface area contributed by atoms with Crippen molar-refractivity contribution in [3.63, 3.8) is 0 Å². The summed E-state index contributed by atoms with van der Waals surface area (Å²) in [5.74, 6) is 0.503.